The summed E-state index contributed by atoms with van der Waals surface area (Å²) in [6.07, 6.45) is 0. The highest BCUT2D eigenvalue weighted by Gasteiger charge is 2.32. The van der Waals surface area contributed by atoms with Crippen LogP contribution < -0.4 is 5.32 Å². The third-order valence-corrected chi connectivity index (χ3v) is 7.09. The second kappa shape index (κ2) is 8.74. The zero-order valence-electron chi connectivity index (χ0n) is 15.6. The van der Waals surface area contributed by atoms with Crippen LogP contribution >= 0.6 is 11.6 Å². The molecule has 29 heavy (non-hydrogen) atoms. The van der Waals surface area contributed by atoms with Crippen molar-refractivity contribution in [2.75, 3.05) is 31.5 Å². The summed E-state index contributed by atoms with van der Waals surface area (Å²) in [7, 11) is -3.94. The SMILES string of the molecule is CC(C(=O)Nc1ccccc1Cl)N1CCN(S(=O)(=O)c2ccc(F)c(F)c2)CC1. The highest BCUT2D eigenvalue weighted by molar-refractivity contribution is 7.89. The minimum absolute atomic E-state index is 0.130. The highest BCUT2D eigenvalue weighted by atomic mass is 35.5. The maximum absolute atomic E-state index is 13.4. The molecule has 1 saturated heterocycles. The van der Waals surface area contributed by atoms with Gasteiger partial charge in [-0.3, -0.25) is 9.69 Å². The van der Waals surface area contributed by atoms with Crippen LogP contribution in [-0.4, -0.2) is 55.8 Å². The molecule has 1 unspecified atom stereocenters. The van der Waals surface area contributed by atoms with Gasteiger partial charge in [-0.2, -0.15) is 4.31 Å². The van der Waals surface area contributed by atoms with Crippen molar-refractivity contribution in [1.29, 1.82) is 0 Å². The first-order valence-corrected chi connectivity index (χ1v) is 10.8. The van der Waals surface area contributed by atoms with E-state index in [2.05, 4.69) is 5.32 Å². The van der Waals surface area contributed by atoms with Gasteiger partial charge in [-0.25, -0.2) is 17.2 Å². The van der Waals surface area contributed by atoms with Crippen molar-refractivity contribution >= 4 is 33.2 Å². The Labute approximate surface area is 173 Å². The molecule has 1 fully saturated rings. The third kappa shape index (κ3) is 4.75. The van der Waals surface area contributed by atoms with Gasteiger partial charge in [0.25, 0.3) is 0 Å². The van der Waals surface area contributed by atoms with Crippen molar-refractivity contribution in [3.8, 4) is 0 Å². The Kier molecular flexibility index (Phi) is 6.52. The van der Waals surface area contributed by atoms with Crippen LogP contribution in [0.15, 0.2) is 47.4 Å². The Morgan fingerprint density at radius 3 is 2.34 bits per heavy atom. The Hall–Kier alpha value is -2.07. The molecule has 0 radical (unpaired) electrons. The van der Waals surface area contributed by atoms with E-state index in [9.17, 15) is 22.0 Å². The standard InChI is InChI=1S/C19H20ClF2N3O3S/c1-13(19(26)23-18-5-3-2-4-15(18)20)24-8-10-25(11-9-24)29(27,28)14-6-7-16(21)17(22)12-14/h2-7,12-13H,8-11H2,1H3,(H,23,26). The smallest absolute Gasteiger partial charge is 0.243 e. The first-order chi connectivity index (χ1) is 13.7. The molecule has 6 nitrogen and oxygen atoms in total. The van der Waals surface area contributed by atoms with Crippen LogP contribution in [0.2, 0.25) is 5.02 Å². The lowest BCUT2D eigenvalue weighted by atomic mass is 10.2. The summed E-state index contributed by atoms with van der Waals surface area (Å²) in [6, 6.07) is 8.89. The number of hydrogen-bond acceptors (Lipinski definition) is 4. The number of hydrogen-bond donors (Lipinski definition) is 1. The van der Waals surface area contributed by atoms with Crippen LogP contribution in [0.3, 0.4) is 0 Å². The molecule has 2 aromatic carbocycles. The Balaban J connectivity index is 1.62. The summed E-state index contributed by atoms with van der Waals surface area (Å²) >= 11 is 6.06. The van der Waals surface area contributed by atoms with E-state index in [-0.39, 0.29) is 23.9 Å². The van der Waals surface area contributed by atoms with Gasteiger partial charge in [-0.15, -0.1) is 0 Å². The number of piperazine rings is 1. The molecule has 0 aliphatic carbocycles. The summed E-state index contributed by atoms with van der Waals surface area (Å²) in [4.78, 5) is 14.1. The van der Waals surface area contributed by atoms with Gasteiger partial charge in [0, 0.05) is 26.2 Å². The molecule has 0 aromatic heterocycles. The predicted octanol–water partition coefficient (Wildman–Crippen LogP) is 2.95. The van der Waals surface area contributed by atoms with E-state index in [1.165, 1.54) is 4.31 Å². The largest absolute Gasteiger partial charge is 0.323 e. The topological polar surface area (TPSA) is 69.7 Å². The zero-order chi connectivity index (χ0) is 21.2. The van der Waals surface area contributed by atoms with E-state index in [0.717, 1.165) is 12.1 Å². The number of sulfonamides is 1. The molecule has 1 N–H and O–H groups in total. The first kappa shape index (κ1) is 21.6. The van der Waals surface area contributed by atoms with E-state index in [1.54, 1.807) is 31.2 Å². The van der Waals surface area contributed by atoms with Gasteiger partial charge < -0.3 is 5.32 Å². The van der Waals surface area contributed by atoms with E-state index in [0.29, 0.717) is 29.9 Å². The minimum Gasteiger partial charge on any atom is -0.323 e. The predicted molar refractivity (Wildman–Crippen MR) is 106 cm³/mol. The average Bonchev–Trinajstić information content (AvgIpc) is 2.71. The van der Waals surface area contributed by atoms with Crippen molar-refractivity contribution in [1.82, 2.24) is 9.21 Å². The van der Waals surface area contributed by atoms with E-state index in [4.69, 9.17) is 11.6 Å². The fraction of sp³-hybridized carbons (Fsp3) is 0.316. The molecular formula is C19H20ClF2N3O3S. The number of amides is 1. The van der Waals surface area contributed by atoms with Gasteiger partial charge in [-0.1, -0.05) is 23.7 Å². The van der Waals surface area contributed by atoms with Crippen LogP contribution in [0.1, 0.15) is 6.92 Å². The van der Waals surface area contributed by atoms with Gasteiger partial charge in [0.2, 0.25) is 15.9 Å². The number of rotatable bonds is 5. The number of para-hydroxylation sites is 1. The number of carbonyl (C=O) groups excluding carboxylic acids is 1. The third-order valence-electron chi connectivity index (χ3n) is 4.86. The molecular weight excluding hydrogens is 424 g/mol. The van der Waals surface area contributed by atoms with Crippen LogP contribution in [0.5, 0.6) is 0 Å². The number of nitrogens with zero attached hydrogens (tertiary/aromatic N) is 2. The lowest BCUT2D eigenvalue weighted by molar-refractivity contribution is -0.121. The van der Waals surface area contributed by atoms with Gasteiger partial charge in [-0.05, 0) is 37.3 Å². The molecule has 10 heteroatoms. The Morgan fingerprint density at radius 1 is 1.07 bits per heavy atom. The molecule has 156 valence electrons. The second-order valence-electron chi connectivity index (χ2n) is 6.66. The molecule has 0 saturated carbocycles. The average molecular weight is 444 g/mol. The van der Waals surface area contributed by atoms with Crippen LogP contribution in [0.4, 0.5) is 14.5 Å². The van der Waals surface area contributed by atoms with Crippen LogP contribution in [0.25, 0.3) is 0 Å². The Morgan fingerprint density at radius 2 is 1.72 bits per heavy atom. The van der Waals surface area contributed by atoms with Gasteiger partial charge in [0.05, 0.1) is 21.6 Å². The summed E-state index contributed by atoms with van der Waals surface area (Å²) in [5.74, 6) is -2.57. The molecule has 2 aromatic rings. The number of carbonyl (C=O) groups is 1. The minimum atomic E-state index is -3.94. The molecule has 1 heterocycles. The molecule has 0 bridgehead atoms. The van der Waals surface area contributed by atoms with Crippen LogP contribution in [0, 0.1) is 11.6 Å². The fourth-order valence-corrected chi connectivity index (χ4v) is 4.70. The maximum atomic E-state index is 13.4. The monoisotopic (exact) mass is 443 g/mol. The molecule has 1 amide bonds. The normalized spacial score (nSPS) is 17.1. The molecule has 1 atom stereocenters. The summed E-state index contributed by atoms with van der Waals surface area (Å²) in [5.41, 5.74) is 0.505. The lowest BCUT2D eigenvalue weighted by Gasteiger charge is -2.36. The van der Waals surface area contributed by atoms with Crippen molar-refractivity contribution in [2.45, 2.75) is 17.9 Å². The summed E-state index contributed by atoms with van der Waals surface area (Å²) in [5, 5.41) is 3.19. The van der Waals surface area contributed by atoms with E-state index in [1.807, 2.05) is 4.90 Å². The van der Waals surface area contributed by atoms with Gasteiger partial charge in [0.1, 0.15) is 0 Å². The van der Waals surface area contributed by atoms with Crippen molar-refractivity contribution in [2.24, 2.45) is 0 Å². The summed E-state index contributed by atoms with van der Waals surface area (Å²) < 4.78 is 53.0. The lowest BCUT2D eigenvalue weighted by Crippen LogP contribution is -2.53. The highest BCUT2D eigenvalue weighted by Crippen LogP contribution is 2.23. The molecule has 1 aliphatic heterocycles. The molecule has 3 rings (SSSR count). The summed E-state index contributed by atoms with van der Waals surface area (Å²) in [6.45, 7) is 2.63. The Bertz CT molecular complexity index is 1010. The molecule has 0 spiro atoms. The zero-order valence-corrected chi connectivity index (χ0v) is 17.2. The number of nitrogens with one attached hydrogen (secondary N) is 1. The van der Waals surface area contributed by atoms with E-state index >= 15 is 0 Å². The van der Waals surface area contributed by atoms with Crippen molar-refractivity contribution < 1.29 is 22.0 Å². The number of anilines is 1. The number of benzene rings is 2. The number of halogens is 3. The first-order valence-electron chi connectivity index (χ1n) is 8.95. The van der Waals surface area contributed by atoms with Gasteiger partial charge >= 0.3 is 0 Å². The van der Waals surface area contributed by atoms with Crippen molar-refractivity contribution in [3.05, 3.63) is 59.1 Å². The van der Waals surface area contributed by atoms with Crippen molar-refractivity contribution in [3.63, 3.8) is 0 Å². The fourth-order valence-electron chi connectivity index (χ4n) is 3.08. The quantitative estimate of drug-likeness (QED) is 0.771. The van der Waals surface area contributed by atoms with Crippen LogP contribution in [-0.2, 0) is 14.8 Å². The molecule has 1 aliphatic rings. The van der Waals surface area contributed by atoms with E-state index < -0.39 is 27.7 Å². The second-order valence-corrected chi connectivity index (χ2v) is 9.01. The van der Waals surface area contributed by atoms with Gasteiger partial charge in [0.15, 0.2) is 11.6 Å². The maximum Gasteiger partial charge on any atom is 0.243 e.